The van der Waals surface area contributed by atoms with Crippen molar-refractivity contribution in [3.8, 4) is 0 Å². The number of hydrogen-bond donors (Lipinski definition) is 1. The predicted molar refractivity (Wildman–Crippen MR) is 113 cm³/mol. The first kappa shape index (κ1) is 18.5. The molecule has 2 heterocycles. The minimum Gasteiger partial charge on any atom is -0.372 e. The van der Waals surface area contributed by atoms with Crippen LogP contribution in [0.15, 0.2) is 42.5 Å². The summed E-state index contributed by atoms with van der Waals surface area (Å²) >= 11 is 0. The van der Waals surface area contributed by atoms with E-state index < -0.39 is 0 Å². The Kier molecular flexibility index (Phi) is 5.07. The third kappa shape index (κ3) is 3.88. The quantitative estimate of drug-likeness (QED) is 0.879. The van der Waals surface area contributed by atoms with Gasteiger partial charge in [0, 0.05) is 43.1 Å². The minimum atomic E-state index is -0.327. The molecule has 0 radical (unpaired) electrons. The fourth-order valence-corrected chi connectivity index (χ4v) is 4.21. The lowest BCUT2D eigenvalue weighted by atomic mass is 10.1. The molecule has 4 rings (SSSR count). The Morgan fingerprint density at radius 1 is 0.964 bits per heavy atom. The van der Waals surface area contributed by atoms with Crippen LogP contribution in [0.25, 0.3) is 0 Å². The maximum Gasteiger partial charge on any atom is 0.229 e. The van der Waals surface area contributed by atoms with Gasteiger partial charge in [-0.25, -0.2) is 0 Å². The number of carbonyl (C=O) groups excluding carboxylic acids is 2. The summed E-state index contributed by atoms with van der Waals surface area (Å²) in [4.78, 5) is 29.3. The molecule has 1 unspecified atom stereocenters. The van der Waals surface area contributed by atoms with Gasteiger partial charge < -0.3 is 15.1 Å². The summed E-state index contributed by atoms with van der Waals surface area (Å²) < 4.78 is 0. The standard InChI is InChI=1S/C23H27N3O2/c1-16-11-17(2)13-21(12-16)26-15-18(14-22(26)27)23(28)24-19-5-7-20(8-6-19)25-9-3-4-10-25/h5-8,11-13,18H,3-4,9-10,14-15H2,1-2H3,(H,24,28). The number of rotatable bonds is 4. The van der Waals surface area contributed by atoms with E-state index >= 15 is 0 Å². The van der Waals surface area contributed by atoms with Crippen molar-refractivity contribution in [3.63, 3.8) is 0 Å². The van der Waals surface area contributed by atoms with E-state index in [9.17, 15) is 9.59 Å². The molecule has 2 aromatic carbocycles. The van der Waals surface area contributed by atoms with Crippen molar-refractivity contribution in [1.29, 1.82) is 0 Å². The zero-order chi connectivity index (χ0) is 19.7. The SMILES string of the molecule is Cc1cc(C)cc(N2CC(C(=O)Nc3ccc(N4CCCC4)cc3)CC2=O)c1. The average molecular weight is 377 g/mol. The summed E-state index contributed by atoms with van der Waals surface area (Å²) in [6.07, 6.45) is 2.74. The monoisotopic (exact) mass is 377 g/mol. The number of anilines is 3. The predicted octanol–water partition coefficient (Wildman–Crippen LogP) is 3.90. The van der Waals surface area contributed by atoms with Crippen LogP contribution < -0.4 is 15.1 Å². The lowest BCUT2D eigenvalue weighted by molar-refractivity contribution is -0.122. The molecule has 2 aliphatic rings. The van der Waals surface area contributed by atoms with Crippen molar-refractivity contribution in [2.75, 3.05) is 34.8 Å². The first-order chi connectivity index (χ1) is 13.5. The molecule has 146 valence electrons. The van der Waals surface area contributed by atoms with E-state index in [2.05, 4.69) is 28.4 Å². The van der Waals surface area contributed by atoms with Crippen LogP contribution in [-0.4, -0.2) is 31.4 Å². The van der Waals surface area contributed by atoms with Crippen LogP contribution in [-0.2, 0) is 9.59 Å². The van der Waals surface area contributed by atoms with Crippen molar-refractivity contribution in [1.82, 2.24) is 0 Å². The molecule has 5 nitrogen and oxygen atoms in total. The second kappa shape index (κ2) is 7.66. The van der Waals surface area contributed by atoms with Gasteiger partial charge in [0.05, 0.1) is 5.92 Å². The van der Waals surface area contributed by atoms with Crippen molar-refractivity contribution in [2.45, 2.75) is 33.1 Å². The number of amides is 2. The molecular formula is C23H27N3O2. The van der Waals surface area contributed by atoms with Gasteiger partial charge in [0.2, 0.25) is 11.8 Å². The summed E-state index contributed by atoms with van der Waals surface area (Å²) in [7, 11) is 0. The van der Waals surface area contributed by atoms with Gasteiger partial charge in [0.1, 0.15) is 0 Å². The number of hydrogen-bond acceptors (Lipinski definition) is 3. The van der Waals surface area contributed by atoms with Crippen LogP contribution >= 0.6 is 0 Å². The lowest BCUT2D eigenvalue weighted by Crippen LogP contribution is -2.28. The highest BCUT2D eigenvalue weighted by molar-refractivity contribution is 6.03. The van der Waals surface area contributed by atoms with Crippen LogP contribution in [0.2, 0.25) is 0 Å². The largest absolute Gasteiger partial charge is 0.372 e. The molecule has 0 saturated carbocycles. The molecular weight excluding hydrogens is 350 g/mol. The Morgan fingerprint density at radius 3 is 2.25 bits per heavy atom. The fourth-order valence-electron chi connectivity index (χ4n) is 4.21. The molecule has 2 amide bonds. The van der Waals surface area contributed by atoms with Crippen molar-refractivity contribution in [3.05, 3.63) is 53.6 Å². The second-order valence-electron chi connectivity index (χ2n) is 7.98. The zero-order valence-electron chi connectivity index (χ0n) is 16.6. The third-order valence-electron chi connectivity index (χ3n) is 5.62. The molecule has 2 fully saturated rings. The highest BCUT2D eigenvalue weighted by atomic mass is 16.2. The summed E-state index contributed by atoms with van der Waals surface area (Å²) in [5, 5.41) is 2.98. The smallest absolute Gasteiger partial charge is 0.229 e. The highest BCUT2D eigenvalue weighted by Crippen LogP contribution is 2.28. The Labute approximate surface area is 166 Å². The summed E-state index contributed by atoms with van der Waals surface area (Å²) in [5.74, 6) is -0.407. The minimum absolute atomic E-state index is 0.00883. The van der Waals surface area contributed by atoms with E-state index in [1.807, 2.05) is 38.1 Å². The molecule has 2 aliphatic heterocycles. The molecule has 0 spiro atoms. The molecule has 5 heteroatoms. The summed E-state index contributed by atoms with van der Waals surface area (Å²) in [5.41, 5.74) is 5.10. The van der Waals surface area contributed by atoms with Gasteiger partial charge in [0.15, 0.2) is 0 Å². The van der Waals surface area contributed by atoms with Gasteiger partial charge in [-0.05, 0) is 74.2 Å². The number of benzene rings is 2. The van der Waals surface area contributed by atoms with Crippen LogP contribution in [0, 0.1) is 19.8 Å². The molecule has 28 heavy (non-hydrogen) atoms. The summed E-state index contributed by atoms with van der Waals surface area (Å²) in [6, 6.07) is 14.1. The fraction of sp³-hybridized carbons (Fsp3) is 0.391. The van der Waals surface area contributed by atoms with Gasteiger partial charge in [0.25, 0.3) is 0 Å². The number of aryl methyl sites for hydroxylation is 2. The number of nitrogens with zero attached hydrogens (tertiary/aromatic N) is 2. The Balaban J connectivity index is 1.40. The molecule has 0 aromatic heterocycles. The van der Waals surface area contributed by atoms with E-state index in [4.69, 9.17) is 0 Å². The topological polar surface area (TPSA) is 52.7 Å². The van der Waals surface area contributed by atoms with Crippen molar-refractivity contribution >= 4 is 28.9 Å². The Bertz CT molecular complexity index is 865. The number of nitrogens with one attached hydrogen (secondary N) is 1. The normalized spacial score (nSPS) is 19.4. The Morgan fingerprint density at radius 2 is 1.61 bits per heavy atom. The zero-order valence-corrected chi connectivity index (χ0v) is 16.6. The average Bonchev–Trinajstić information content (AvgIpc) is 3.31. The van der Waals surface area contributed by atoms with E-state index in [1.54, 1.807) is 4.90 Å². The van der Waals surface area contributed by atoms with Crippen molar-refractivity contribution in [2.24, 2.45) is 5.92 Å². The van der Waals surface area contributed by atoms with Gasteiger partial charge in [-0.1, -0.05) is 6.07 Å². The van der Waals surface area contributed by atoms with Gasteiger partial charge >= 0.3 is 0 Å². The summed E-state index contributed by atoms with van der Waals surface area (Å²) in [6.45, 7) is 6.67. The molecule has 2 saturated heterocycles. The van der Waals surface area contributed by atoms with Gasteiger partial charge in [-0.3, -0.25) is 9.59 Å². The van der Waals surface area contributed by atoms with Crippen LogP contribution in [0.4, 0.5) is 17.1 Å². The molecule has 1 N–H and O–H groups in total. The van der Waals surface area contributed by atoms with Gasteiger partial charge in [-0.2, -0.15) is 0 Å². The molecule has 2 aromatic rings. The highest BCUT2D eigenvalue weighted by Gasteiger charge is 2.35. The Hall–Kier alpha value is -2.82. The van der Waals surface area contributed by atoms with E-state index in [0.717, 1.165) is 35.6 Å². The number of carbonyl (C=O) groups is 2. The second-order valence-corrected chi connectivity index (χ2v) is 7.98. The van der Waals surface area contributed by atoms with E-state index in [-0.39, 0.29) is 24.2 Å². The maximum absolute atomic E-state index is 12.7. The molecule has 0 bridgehead atoms. The maximum atomic E-state index is 12.7. The first-order valence-electron chi connectivity index (χ1n) is 10.0. The van der Waals surface area contributed by atoms with E-state index in [1.165, 1.54) is 18.5 Å². The van der Waals surface area contributed by atoms with Crippen molar-refractivity contribution < 1.29 is 9.59 Å². The third-order valence-corrected chi connectivity index (χ3v) is 5.62. The van der Waals surface area contributed by atoms with Crippen LogP contribution in [0.3, 0.4) is 0 Å². The van der Waals surface area contributed by atoms with Gasteiger partial charge in [-0.15, -0.1) is 0 Å². The van der Waals surface area contributed by atoms with E-state index in [0.29, 0.717) is 6.54 Å². The van der Waals surface area contributed by atoms with Crippen LogP contribution in [0.5, 0.6) is 0 Å². The van der Waals surface area contributed by atoms with Crippen LogP contribution in [0.1, 0.15) is 30.4 Å². The molecule has 1 atom stereocenters. The lowest BCUT2D eigenvalue weighted by Gasteiger charge is -2.19. The first-order valence-corrected chi connectivity index (χ1v) is 10.0. The molecule has 0 aliphatic carbocycles.